The molecule has 0 unspecified atom stereocenters. The number of alkyl halides is 3. The third-order valence-electron chi connectivity index (χ3n) is 2.94. The Hall–Kier alpha value is -1.20. The van der Waals surface area contributed by atoms with Gasteiger partial charge in [0.05, 0.1) is 12.8 Å². The highest BCUT2D eigenvalue weighted by Gasteiger charge is 2.34. The Labute approximate surface area is 143 Å². The van der Waals surface area contributed by atoms with Crippen LogP contribution in [0.2, 0.25) is 0 Å². The molecule has 1 heterocycles. The van der Waals surface area contributed by atoms with Gasteiger partial charge in [0.25, 0.3) is 5.91 Å². The summed E-state index contributed by atoms with van der Waals surface area (Å²) in [6.07, 6.45) is 0.683. The van der Waals surface area contributed by atoms with Crippen LogP contribution in [0.1, 0.15) is 21.7 Å². The van der Waals surface area contributed by atoms with Crippen molar-refractivity contribution in [1.82, 2.24) is 10.6 Å². The van der Waals surface area contributed by atoms with E-state index in [9.17, 15) is 4.79 Å². The normalized spacial score (nSPS) is 12.9. The SMILES string of the molecule is Cc1cccc(C(=O)N[C@H](NCc2ccco2)C(Cl)(Cl)Cl)c1. The second-order valence-electron chi connectivity index (χ2n) is 4.78. The number of nitrogens with one attached hydrogen (secondary N) is 2. The van der Waals surface area contributed by atoms with Crippen LogP contribution in [0.5, 0.6) is 0 Å². The Kier molecular flexibility index (Phi) is 5.75. The van der Waals surface area contributed by atoms with Crippen LogP contribution in [0.15, 0.2) is 47.1 Å². The van der Waals surface area contributed by atoms with E-state index < -0.39 is 9.96 Å². The van der Waals surface area contributed by atoms with Gasteiger partial charge in [-0.15, -0.1) is 0 Å². The van der Waals surface area contributed by atoms with Crippen molar-refractivity contribution in [3.63, 3.8) is 0 Å². The van der Waals surface area contributed by atoms with Gasteiger partial charge in [-0.3, -0.25) is 10.1 Å². The summed E-state index contributed by atoms with van der Waals surface area (Å²) in [5.74, 6) is 0.344. The molecule has 1 aromatic carbocycles. The van der Waals surface area contributed by atoms with Crippen molar-refractivity contribution in [2.45, 2.75) is 23.4 Å². The number of carbonyl (C=O) groups excluding carboxylic acids is 1. The summed E-state index contributed by atoms with van der Waals surface area (Å²) in [5.41, 5.74) is 1.47. The molecule has 0 aliphatic rings. The number of halogens is 3. The number of amides is 1. The largest absolute Gasteiger partial charge is 0.468 e. The molecule has 2 rings (SSSR count). The highest BCUT2D eigenvalue weighted by molar-refractivity contribution is 6.68. The Bertz CT molecular complexity index is 624. The third kappa shape index (κ3) is 4.92. The van der Waals surface area contributed by atoms with Crippen molar-refractivity contribution in [1.29, 1.82) is 0 Å². The van der Waals surface area contributed by atoms with Crippen LogP contribution in [-0.4, -0.2) is 15.9 Å². The van der Waals surface area contributed by atoms with E-state index in [1.165, 1.54) is 0 Å². The molecule has 0 spiro atoms. The van der Waals surface area contributed by atoms with E-state index >= 15 is 0 Å². The van der Waals surface area contributed by atoms with Crippen LogP contribution in [0.25, 0.3) is 0 Å². The maximum absolute atomic E-state index is 12.3. The lowest BCUT2D eigenvalue weighted by atomic mass is 10.1. The van der Waals surface area contributed by atoms with Crippen molar-refractivity contribution in [2.24, 2.45) is 0 Å². The molecule has 1 atom stereocenters. The number of rotatable bonds is 5. The van der Waals surface area contributed by atoms with Gasteiger partial charge in [0.2, 0.25) is 3.79 Å². The Morgan fingerprint density at radius 1 is 1.27 bits per heavy atom. The second-order valence-corrected chi connectivity index (χ2v) is 7.15. The van der Waals surface area contributed by atoms with E-state index in [0.29, 0.717) is 17.9 Å². The van der Waals surface area contributed by atoms with E-state index in [0.717, 1.165) is 5.56 Å². The average Bonchev–Trinajstić information content (AvgIpc) is 2.95. The van der Waals surface area contributed by atoms with Crippen molar-refractivity contribution in [3.8, 4) is 0 Å². The van der Waals surface area contributed by atoms with Gasteiger partial charge < -0.3 is 9.73 Å². The van der Waals surface area contributed by atoms with Gasteiger partial charge in [-0.1, -0.05) is 52.5 Å². The molecule has 0 saturated carbocycles. The molecule has 2 N–H and O–H groups in total. The van der Waals surface area contributed by atoms with Crippen LogP contribution >= 0.6 is 34.8 Å². The minimum absolute atomic E-state index is 0.319. The average molecular weight is 362 g/mol. The first-order valence-corrected chi connectivity index (χ1v) is 7.69. The number of benzene rings is 1. The first-order chi connectivity index (χ1) is 10.4. The van der Waals surface area contributed by atoms with E-state index in [2.05, 4.69) is 10.6 Å². The van der Waals surface area contributed by atoms with Crippen LogP contribution in [0.3, 0.4) is 0 Å². The van der Waals surface area contributed by atoms with Crippen LogP contribution in [0, 0.1) is 6.92 Å². The fraction of sp³-hybridized carbons (Fsp3) is 0.267. The maximum atomic E-state index is 12.3. The van der Waals surface area contributed by atoms with Crippen molar-refractivity contribution in [3.05, 3.63) is 59.5 Å². The molecular weight excluding hydrogens is 347 g/mol. The number of aryl methyl sites for hydroxylation is 1. The fourth-order valence-corrected chi connectivity index (χ4v) is 2.26. The second kappa shape index (κ2) is 7.38. The van der Waals surface area contributed by atoms with E-state index in [1.54, 1.807) is 36.6 Å². The van der Waals surface area contributed by atoms with Crippen LogP contribution in [-0.2, 0) is 6.54 Å². The zero-order valence-corrected chi connectivity index (χ0v) is 14.0. The quantitative estimate of drug-likeness (QED) is 0.629. The van der Waals surface area contributed by atoms with Gasteiger partial charge in [0.1, 0.15) is 11.9 Å². The van der Waals surface area contributed by atoms with Gasteiger partial charge in [0, 0.05) is 5.56 Å². The highest BCUT2D eigenvalue weighted by atomic mass is 35.6. The number of carbonyl (C=O) groups is 1. The molecule has 118 valence electrons. The summed E-state index contributed by atoms with van der Waals surface area (Å²) < 4.78 is 3.50. The summed E-state index contributed by atoms with van der Waals surface area (Å²) in [5, 5.41) is 5.63. The monoisotopic (exact) mass is 360 g/mol. The van der Waals surface area contributed by atoms with Crippen molar-refractivity contribution >= 4 is 40.7 Å². The predicted octanol–water partition coefficient (Wildman–Crippen LogP) is 3.80. The fourth-order valence-electron chi connectivity index (χ4n) is 1.87. The van der Waals surface area contributed by atoms with Crippen molar-refractivity contribution < 1.29 is 9.21 Å². The first kappa shape index (κ1) is 17.2. The van der Waals surface area contributed by atoms with Gasteiger partial charge in [-0.2, -0.15) is 0 Å². The summed E-state index contributed by atoms with van der Waals surface area (Å²) in [6.45, 7) is 2.22. The Balaban J connectivity index is 2.04. The van der Waals surface area contributed by atoms with Crippen LogP contribution < -0.4 is 10.6 Å². The Morgan fingerprint density at radius 3 is 2.64 bits per heavy atom. The Morgan fingerprint density at radius 2 is 2.05 bits per heavy atom. The van der Waals surface area contributed by atoms with Gasteiger partial charge in [0.15, 0.2) is 0 Å². The molecule has 1 amide bonds. The van der Waals surface area contributed by atoms with Gasteiger partial charge in [-0.25, -0.2) is 0 Å². The van der Waals surface area contributed by atoms with Crippen LogP contribution in [0.4, 0.5) is 0 Å². The molecule has 0 saturated heterocycles. The molecule has 0 aliphatic heterocycles. The zero-order valence-electron chi connectivity index (χ0n) is 11.8. The van der Waals surface area contributed by atoms with E-state index in [-0.39, 0.29) is 5.91 Å². The summed E-state index contributed by atoms with van der Waals surface area (Å²) >= 11 is 17.8. The number of furan rings is 1. The van der Waals surface area contributed by atoms with Crippen molar-refractivity contribution in [2.75, 3.05) is 0 Å². The zero-order chi connectivity index (χ0) is 16.2. The highest BCUT2D eigenvalue weighted by Crippen LogP contribution is 2.29. The third-order valence-corrected chi connectivity index (χ3v) is 3.60. The lowest BCUT2D eigenvalue weighted by molar-refractivity contribution is 0.0928. The van der Waals surface area contributed by atoms with Gasteiger partial charge in [-0.05, 0) is 31.2 Å². The molecule has 7 heteroatoms. The summed E-state index contributed by atoms with van der Waals surface area (Å²) in [4.78, 5) is 12.3. The topological polar surface area (TPSA) is 54.3 Å². The molecule has 2 aromatic rings. The molecule has 0 radical (unpaired) electrons. The minimum Gasteiger partial charge on any atom is -0.468 e. The van der Waals surface area contributed by atoms with Gasteiger partial charge >= 0.3 is 0 Å². The van der Waals surface area contributed by atoms with E-state index in [4.69, 9.17) is 39.2 Å². The minimum atomic E-state index is -1.70. The lowest BCUT2D eigenvalue weighted by Gasteiger charge is -2.26. The molecule has 4 nitrogen and oxygen atoms in total. The lowest BCUT2D eigenvalue weighted by Crippen LogP contribution is -2.53. The summed E-state index contributed by atoms with van der Waals surface area (Å²) in [6, 6.07) is 10.7. The number of hydrogen-bond acceptors (Lipinski definition) is 3. The molecule has 0 bridgehead atoms. The van der Waals surface area contributed by atoms with E-state index in [1.807, 2.05) is 13.0 Å². The smallest absolute Gasteiger partial charge is 0.252 e. The molecule has 0 aliphatic carbocycles. The maximum Gasteiger partial charge on any atom is 0.252 e. The predicted molar refractivity (Wildman–Crippen MR) is 88.3 cm³/mol. The molecule has 0 fully saturated rings. The molecule has 1 aromatic heterocycles. The molecule has 22 heavy (non-hydrogen) atoms. The summed E-state index contributed by atoms with van der Waals surface area (Å²) in [7, 11) is 0. The number of hydrogen-bond donors (Lipinski definition) is 2. The molecular formula is C15H15Cl3N2O2. The standard InChI is InChI=1S/C15H15Cl3N2O2/c1-10-4-2-5-11(8-10)13(21)20-14(15(16,17)18)19-9-12-6-3-7-22-12/h2-8,14,19H,9H2,1H3,(H,20,21)/t14-/m0/s1. The first-order valence-electron chi connectivity index (χ1n) is 6.56.